The van der Waals surface area contributed by atoms with Crippen LogP contribution in [0.1, 0.15) is 87.0 Å². The zero-order valence-electron chi connectivity index (χ0n) is 36.1. The number of Topliss-reactive ketones (excluding diaryl/α,β-unsaturated/α-hetero) is 1. The van der Waals surface area contributed by atoms with Gasteiger partial charge in [0.05, 0.1) is 30.0 Å². The highest BCUT2D eigenvalue weighted by atomic mass is 16.7. The van der Waals surface area contributed by atoms with Crippen LogP contribution in [0.3, 0.4) is 0 Å². The largest absolute Gasteiger partial charge is 0.458 e. The maximum absolute atomic E-state index is 14.0. The van der Waals surface area contributed by atoms with Gasteiger partial charge < -0.3 is 44.7 Å². The Morgan fingerprint density at radius 1 is 1.10 bits per heavy atom. The lowest BCUT2D eigenvalue weighted by molar-refractivity contribution is -0.289. The number of fused-ring (bicyclic) bond motifs is 1. The molecule has 12 atom stereocenters. The lowest BCUT2D eigenvalue weighted by atomic mass is 9.83. The Balaban J connectivity index is 1.35. The number of esters is 1. The number of likely N-dealkylation sites (N-methyl/N-ethyl adjacent to an activating group) is 1. The van der Waals surface area contributed by atoms with Gasteiger partial charge in [-0.2, -0.15) is 0 Å². The van der Waals surface area contributed by atoms with Gasteiger partial charge in [-0.05, 0) is 105 Å². The lowest BCUT2D eigenvalue weighted by Gasteiger charge is -2.45. The topological polar surface area (TPSA) is 193 Å². The molecule has 3 aliphatic rings. The molecule has 0 saturated carbocycles. The zero-order chi connectivity index (χ0) is 42.5. The van der Waals surface area contributed by atoms with E-state index in [9.17, 15) is 19.5 Å². The van der Waals surface area contributed by atoms with Crippen LogP contribution >= 0.6 is 0 Å². The van der Waals surface area contributed by atoms with E-state index < -0.39 is 65.6 Å². The van der Waals surface area contributed by atoms with Crippen molar-refractivity contribution >= 4 is 23.5 Å². The molecule has 3 aliphatic heterocycles. The Morgan fingerprint density at radius 2 is 1.83 bits per heavy atom. The molecule has 324 valence electrons. The van der Waals surface area contributed by atoms with Gasteiger partial charge in [-0.15, -0.1) is 5.10 Å². The SMILES string of the molecule is CC[C@H]1OC(=O)[C@H](C)C(=O)C[C@@H](O[C@@H]2OC(C)CC(N(C)C)C2O)[C@](C)(OC)C[C@@H](C)CN[C@H](C)[C@H]2N(CCCCn3cc(-c4cccc(N)c4)nn3)C(=O)O[C@]12C. The molecule has 3 saturated heterocycles. The van der Waals surface area contributed by atoms with Gasteiger partial charge in [0, 0.05) is 50.0 Å². The van der Waals surface area contributed by atoms with Crippen molar-refractivity contribution in [2.45, 2.75) is 154 Å². The van der Waals surface area contributed by atoms with Gasteiger partial charge in [0.25, 0.3) is 0 Å². The number of rotatable bonds is 11. The van der Waals surface area contributed by atoms with Gasteiger partial charge in [0.2, 0.25) is 0 Å². The van der Waals surface area contributed by atoms with Crippen molar-refractivity contribution in [3.05, 3.63) is 30.5 Å². The van der Waals surface area contributed by atoms with E-state index in [0.717, 1.165) is 11.3 Å². The molecule has 1 aromatic carbocycles. The van der Waals surface area contributed by atoms with Crippen LogP contribution in [0.25, 0.3) is 11.3 Å². The average Bonchev–Trinajstić information content (AvgIpc) is 3.76. The maximum atomic E-state index is 14.0. The summed E-state index contributed by atoms with van der Waals surface area (Å²) in [4.78, 5) is 45.4. The summed E-state index contributed by atoms with van der Waals surface area (Å²) in [7, 11) is 5.38. The predicted molar refractivity (Wildman–Crippen MR) is 217 cm³/mol. The van der Waals surface area contributed by atoms with E-state index in [1.54, 1.807) is 16.7 Å². The predicted octanol–water partition coefficient (Wildman–Crippen LogP) is 4.04. The number of nitrogen functional groups attached to an aromatic ring is 1. The molecule has 3 fully saturated rings. The Morgan fingerprint density at radius 3 is 2.50 bits per heavy atom. The molecule has 2 aromatic rings. The fourth-order valence-corrected chi connectivity index (χ4v) is 8.95. The number of aromatic nitrogens is 3. The van der Waals surface area contributed by atoms with E-state index in [1.807, 2.05) is 84.1 Å². The summed E-state index contributed by atoms with van der Waals surface area (Å²) in [5.74, 6) is -2.27. The van der Waals surface area contributed by atoms with Gasteiger partial charge in [0.15, 0.2) is 11.9 Å². The molecule has 5 rings (SSSR count). The number of unbranched alkanes of at least 4 members (excludes halogenated alkanes) is 1. The minimum atomic E-state index is -1.22. The first-order chi connectivity index (χ1) is 27.4. The van der Waals surface area contributed by atoms with Gasteiger partial charge in [-0.25, -0.2) is 4.79 Å². The number of nitrogens with two attached hydrogens (primary N) is 1. The molecule has 4 heterocycles. The number of nitrogens with zero attached hydrogens (tertiary/aromatic N) is 5. The highest BCUT2D eigenvalue weighted by Gasteiger charge is 2.58. The Kier molecular flexibility index (Phi) is 15.0. The number of hydrogen-bond acceptors (Lipinski definition) is 14. The van der Waals surface area contributed by atoms with Crippen molar-refractivity contribution in [1.82, 2.24) is 30.1 Å². The number of aliphatic hydroxyl groups is 1. The third kappa shape index (κ3) is 10.2. The van der Waals surface area contributed by atoms with E-state index >= 15 is 0 Å². The van der Waals surface area contributed by atoms with Crippen molar-refractivity contribution in [3.8, 4) is 11.3 Å². The van der Waals surface area contributed by atoms with Crippen molar-refractivity contribution in [3.63, 3.8) is 0 Å². The number of methoxy groups -OCH3 is 1. The number of carbonyl (C=O) groups is 3. The molecule has 1 amide bonds. The van der Waals surface area contributed by atoms with Crippen molar-refractivity contribution in [2.24, 2.45) is 11.8 Å². The summed E-state index contributed by atoms with van der Waals surface area (Å²) in [5.41, 5.74) is 5.98. The molecular formula is C42H67N7O9. The van der Waals surface area contributed by atoms with Gasteiger partial charge in [-0.1, -0.05) is 31.2 Å². The van der Waals surface area contributed by atoms with Crippen LogP contribution in [0.2, 0.25) is 0 Å². The molecular weight excluding hydrogens is 747 g/mol. The molecule has 58 heavy (non-hydrogen) atoms. The highest BCUT2D eigenvalue weighted by Crippen LogP contribution is 2.39. The van der Waals surface area contributed by atoms with E-state index in [4.69, 9.17) is 29.4 Å². The molecule has 0 spiro atoms. The number of anilines is 1. The summed E-state index contributed by atoms with van der Waals surface area (Å²) in [6.07, 6.45) is 0.116. The number of ether oxygens (including phenoxy) is 5. The van der Waals surface area contributed by atoms with Crippen LogP contribution in [0.5, 0.6) is 0 Å². The maximum Gasteiger partial charge on any atom is 0.410 e. The Hall–Kier alpha value is -3.67. The van der Waals surface area contributed by atoms with E-state index in [0.29, 0.717) is 57.4 Å². The molecule has 16 nitrogen and oxygen atoms in total. The first kappa shape index (κ1) is 45.4. The van der Waals surface area contributed by atoms with Crippen molar-refractivity contribution < 1.29 is 43.2 Å². The second-order valence-electron chi connectivity index (χ2n) is 17.3. The first-order valence-electron chi connectivity index (χ1n) is 20.8. The first-order valence-corrected chi connectivity index (χ1v) is 20.8. The van der Waals surface area contributed by atoms with Crippen molar-refractivity contribution in [2.75, 3.05) is 40.0 Å². The molecule has 0 bridgehead atoms. The number of hydrogen-bond donors (Lipinski definition) is 3. The standard InChI is InChI=1S/C42H67N7O9/c1-11-34-42(7)37(49(40(53)58-42)18-13-12-17-48-24-31(45-46-48)29-15-14-16-30(43)20-29)28(5)44-23-25(2)22-41(6,54-10)35(21-33(50)27(4)38(52)56-34)57-39-36(51)32(47(8)9)19-26(3)55-39/h14-16,20,24-28,32,34-37,39,44,51H,11-13,17-19,21-23,43H2,1-10H3/t25-,26?,27-,28-,32?,34-,35-,36?,37-,39+,41-,42-/m1/s1. The number of carbonyl (C=O) groups excluding carboxylic acids is 3. The number of benzene rings is 1. The number of cyclic esters (lactones) is 1. The molecule has 0 aliphatic carbocycles. The summed E-state index contributed by atoms with van der Waals surface area (Å²) in [6, 6.07) is 6.47. The zero-order valence-corrected chi connectivity index (χ0v) is 36.1. The average molecular weight is 814 g/mol. The minimum absolute atomic E-state index is 0.000667. The summed E-state index contributed by atoms with van der Waals surface area (Å²) >= 11 is 0. The smallest absolute Gasteiger partial charge is 0.410 e. The summed E-state index contributed by atoms with van der Waals surface area (Å²) < 4.78 is 33.0. The Bertz CT molecular complexity index is 1710. The number of nitrogens with one attached hydrogen (secondary N) is 1. The lowest BCUT2D eigenvalue weighted by Crippen LogP contribution is -2.61. The van der Waals surface area contributed by atoms with E-state index in [-0.39, 0.29) is 30.5 Å². The van der Waals surface area contributed by atoms with Gasteiger partial charge in [0.1, 0.15) is 29.6 Å². The van der Waals surface area contributed by atoms with Crippen molar-refractivity contribution in [1.29, 1.82) is 0 Å². The van der Waals surface area contributed by atoms with E-state index in [1.165, 1.54) is 6.92 Å². The summed E-state index contributed by atoms with van der Waals surface area (Å²) in [6.45, 7) is 14.7. The number of amides is 1. The molecule has 16 heteroatoms. The number of aliphatic hydroxyl groups excluding tert-OH is 1. The van der Waals surface area contributed by atoms with Crippen LogP contribution in [-0.2, 0) is 39.8 Å². The monoisotopic (exact) mass is 814 g/mol. The second kappa shape index (κ2) is 19.1. The van der Waals surface area contributed by atoms with Crippen LogP contribution in [0.4, 0.5) is 10.5 Å². The summed E-state index contributed by atoms with van der Waals surface area (Å²) in [5, 5.41) is 23.6. The minimum Gasteiger partial charge on any atom is -0.458 e. The Labute approximate surface area is 343 Å². The van der Waals surface area contributed by atoms with Crippen LogP contribution in [-0.4, -0.2) is 142 Å². The molecule has 3 unspecified atom stereocenters. The van der Waals surface area contributed by atoms with E-state index in [2.05, 4.69) is 22.6 Å². The molecule has 4 N–H and O–H groups in total. The quantitative estimate of drug-likeness (QED) is 0.127. The highest BCUT2D eigenvalue weighted by molar-refractivity contribution is 5.99. The normalized spacial score (nSPS) is 35.6. The second-order valence-corrected chi connectivity index (χ2v) is 17.3. The number of ketones is 1. The van der Waals surface area contributed by atoms with Crippen LogP contribution < -0.4 is 11.1 Å². The van der Waals surface area contributed by atoms with Gasteiger partial charge >= 0.3 is 12.1 Å². The van der Waals surface area contributed by atoms with Crippen LogP contribution in [0, 0.1) is 11.8 Å². The van der Waals surface area contributed by atoms with Crippen LogP contribution in [0.15, 0.2) is 30.5 Å². The number of aryl methyl sites for hydroxylation is 1. The fraction of sp³-hybridized carbons (Fsp3) is 0.738. The fourth-order valence-electron chi connectivity index (χ4n) is 8.95. The third-order valence-electron chi connectivity index (χ3n) is 12.5. The van der Waals surface area contributed by atoms with Gasteiger partial charge in [-0.3, -0.25) is 19.2 Å². The molecule has 0 radical (unpaired) electrons. The molecule has 1 aromatic heterocycles. The third-order valence-corrected chi connectivity index (χ3v) is 12.5.